The van der Waals surface area contributed by atoms with Crippen LogP contribution in [0.3, 0.4) is 0 Å². The molecule has 0 radical (unpaired) electrons. The fourth-order valence-electron chi connectivity index (χ4n) is 2.42. The van der Waals surface area contributed by atoms with Crippen LogP contribution in [0.25, 0.3) is 0 Å². The minimum atomic E-state index is -3.29. The molecular formula is C15H17N3O5S. The molecule has 2 aromatic rings. The Morgan fingerprint density at radius 2 is 2.25 bits per heavy atom. The van der Waals surface area contributed by atoms with Crippen molar-refractivity contribution in [2.45, 2.75) is 26.4 Å². The number of benzene rings is 1. The first kappa shape index (κ1) is 16.4. The molecule has 1 aliphatic rings. The lowest BCUT2D eigenvalue weighted by atomic mass is 10.2. The number of hydrogen-bond donors (Lipinski definition) is 0. The van der Waals surface area contributed by atoms with Gasteiger partial charge in [-0.1, -0.05) is 18.1 Å². The summed E-state index contributed by atoms with van der Waals surface area (Å²) in [6, 6.07) is 6.36. The number of hydrogen-bond acceptors (Lipinski definition) is 7. The van der Waals surface area contributed by atoms with Crippen molar-refractivity contribution in [3.8, 4) is 0 Å². The van der Waals surface area contributed by atoms with Crippen LogP contribution in [0, 0.1) is 0 Å². The summed E-state index contributed by atoms with van der Waals surface area (Å²) in [7, 11) is -3.29. The van der Waals surface area contributed by atoms with Gasteiger partial charge in [0, 0.05) is 13.0 Å². The van der Waals surface area contributed by atoms with Gasteiger partial charge in [0.2, 0.25) is 10.0 Å². The number of anilines is 1. The summed E-state index contributed by atoms with van der Waals surface area (Å²) >= 11 is 0. The standard InChI is InChI=1S/C15H17N3O5S/c1-2-13-16-14(23-17-13)10-22-15(19)11-5-3-6-12(9-11)18-7-4-8-24(18,20)21/h3,5-6,9H,2,4,7-8,10H2,1H3. The van der Waals surface area contributed by atoms with Crippen LogP contribution >= 0.6 is 0 Å². The van der Waals surface area contributed by atoms with E-state index in [2.05, 4.69) is 10.1 Å². The molecule has 1 fully saturated rings. The van der Waals surface area contributed by atoms with Crippen LogP contribution in [0.2, 0.25) is 0 Å². The third kappa shape index (κ3) is 3.40. The monoisotopic (exact) mass is 351 g/mol. The molecule has 0 atom stereocenters. The zero-order valence-corrected chi connectivity index (χ0v) is 14.0. The SMILES string of the molecule is CCc1noc(COC(=O)c2cccc(N3CCCS3(=O)=O)c2)n1. The molecule has 1 aliphatic heterocycles. The van der Waals surface area contributed by atoms with Gasteiger partial charge in [-0.25, -0.2) is 13.2 Å². The van der Waals surface area contributed by atoms with Crippen molar-refractivity contribution >= 4 is 21.7 Å². The molecule has 0 bridgehead atoms. The van der Waals surface area contributed by atoms with Crippen molar-refractivity contribution in [2.75, 3.05) is 16.6 Å². The van der Waals surface area contributed by atoms with E-state index in [9.17, 15) is 13.2 Å². The van der Waals surface area contributed by atoms with Crippen LogP contribution in [0.15, 0.2) is 28.8 Å². The maximum absolute atomic E-state index is 12.1. The Morgan fingerprint density at radius 3 is 2.92 bits per heavy atom. The second-order valence-electron chi connectivity index (χ2n) is 5.33. The topological polar surface area (TPSA) is 103 Å². The summed E-state index contributed by atoms with van der Waals surface area (Å²) in [5, 5.41) is 3.72. The van der Waals surface area contributed by atoms with E-state index in [1.165, 1.54) is 10.4 Å². The number of esters is 1. The molecule has 0 amide bonds. The highest BCUT2D eigenvalue weighted by molar-refractivity contribution is 7.93. The Hall–Kier alpha value is -2.42. The number of aryl methyl sites for hydroxylation is 1. The van der Waals surface area contributed by atoms with Crippen molar-refractivity contribution in [3.63, 3.8) is 0 Å². The predicted octanol–water partition coefficient (Wildman–Crippen LogP) is 1.53. The highest BCUT2D eigenvalue weighted by Gasteiger charge is 2.28. The molecule has 0 unspecified atom stereocenters. The van der Waals surface area contributed by atoms with E-state index in [1.54, 1.807) is 18.2 Å². The molecule has 3 rings (SSSR count). The second kappa shape index (κ2) is 6.60. The number of rotatable bonds is 5. The first-order valence-corrected chi connectivity index (χ1v) is 9.19. The molecule has 24 heavy (non-hydrogen) atoms. The van der Waals surface area contributed by atoms with E-state index < -0.39 is 16.0 Å². The maximum Gasteiger partial charge on any atom is 0.338 e. The van der Waals surface area contributed by atoms with Gasteiger partial charge in [0.15, 0.2) is 12.4 Å². The normalized spacial score (nSPS) is 16.3. The van der Waals surface area contributed by atoms with Gasteiger partial charge in [0.25, 0.3) is 5.89 Å². The van der Waals surface area contributed by atoms with E-state index in [-0.39, 0.29) is 23.8 Å². The van der Waals surface area contributed by atoms with Crippen molar-refractivity contribution < 1.29 is 22.5 Å². The van der Waals surface area contributed by atoms with Crippen LogP contribution in [-0.2, 0) is 27.8 Å². The fraction of sp³-hybridized carbons (Fsp3) is 0.400. The van der Waals surface area contributed by atoms with Gasteiger partial charge in [-0.3, -0.25) is 4.31 Å². The van der Waals surface area contributed by atoms with Crippen molar-refractivity contribution in [1.82, 2.24) is 10.1 Å². The van der Waals surface area contributed by atoms with Crippen LogP contribution < -0.4 is 4.31 Å². The lowest BCUT2D eigenvalue weighted by Crippen LogP contribution is -2.25. The van der Waals surface area contributed by atoms with Gasteiger partial charge >= 0.3 is 5.97 Å². The van der Waals surface area contributed by atoms with Crippen LogP contribution in [-0.4, -0.2) is 36.8 Å². The van der Waals surface area contributed by atoms with E-state index in [0.29, 0.717) is 30.9 Å². The van der Waals surface area contributed by atoms with Crippen LogP contribution in [0.5, 0.6) is 0 Å². The molecule has 1 saturated heterocycles. The van der Waals surface area contributed by atoms with Crippen LogP contribution in [0.1, 0.15) is 35.4 Å². The Morgan fingerprint density at radius 1 is 1.42 bits per heavy atom. The average molecular weight is 351 g/mol. The third-order valence-electron chi connectivity index (χ3n) is 3.62. The second-order valence-corrected chi connectivity index (χ2v) is 7.34. The summed E-state index contributed by atoms with van der Waals surface area (Å²) in [5.74, 6) is 0.309. The van der Waals surface area contributed by atoms with Gasteiger partial charge in [0.05, 0.1) is 17.0 Å². The molecule has 128 valence electrons. The molecule has 0 saturated carbocycles. The van der Waals surface area contributed by atoms with E-state index in [0.717, 1.165) is 0 Å². The first-order valence-electron chi connectivity index (χ1n) is 7.58. The number of sulfonamides is 1. The van der Waals surface area contributed by atoms with Crippen molar-refractivity contribution in [2.24, 2.45) is 0 Å². The van der Waals surface area contributed by atoms with Crippen LogP contribution in [0.4, 0.5) is 5.69 Å². The maximum atomic E-state index is 12.1. The Labute approximate surface area is 139 Å². The zero-order chi connectivity index (χ0) is 17.2. The lowest BCUT2D eigenvalue weighted by Gasteiger charge is -2.17. The largest absolute Gasteiger partial charge is 0.452 e. The molecule has 9 heteroatoms. The van der Waals surface area contributed by atoms with Gasteiger partial charge in [-0.2, -0.15) is 4.98 Å². The quantitative estimate of drug-likeness (QED) is 0.753. The molecule has 2 heterocycles. The van der Waals surface area contributed by atoms with Gasteiger partial charge in [-0.05, 0) is 24.6 Å². The van der Waals surface area contributed by atoms with Crippen molar-refractivity contribution in [1.29, 1.82) is 0 Å². The Balaban J connectivity index is 1.70. The summed E-state index contributed by atoms with van der Waals surface area (Å²) in [6.45, 7) is 2.18. The Kier molecular flexibility index (Phi) is 4.52. The zero-order valence-electron chi connectivity index (χ0n) is 13.1. The molecule has 8 nitrogen and oxygen atoms in total. The van der Waals surface area contributed by atoms with E-state index >= 15 is 0 Å². The molecule has 0 N–H and O–H groups in total. The number of carbonyl (C=O) groups is 1. The summed E-state index contributed by atoms with van der Waals surface area (Å²) in [6.07, 6.45) is 1.21. The lowest BCUT2D eigenvalue weighted by molar-refractivity contribution is 0.0430. The number of carbonyl (C=O) groups excluding carboxylic acids is 1. The summed E-state index contributed by atoms with van der Waals surface area (Å²) in [5.41, 5.74) is 0.734. The molecule has 0 spiro atoms. The highest BCUT2D eigenvalue weighted by Crippen LogP contribution is 2.25. The van der Waals surface area contributed by atoms with E-state index in [1.807, 2.05) is 6.92 Å². The third-order valence-corrected chi connectivity index (χ3v) is 5.49. The Bertz CT molecular complexity index is 846. The summed E-state index contributed by atoms with van der Waals surface area (Å²) in [4.78, 5) is 16.2. The molecule has 0 aliphatic carbocycles. The average Bonchev–Trinajstić information content (AvgIpc) is 3.18. The fourth-order valence-corrected chi connectivity index (χ4v) is 3.98. The van der Waals surface area contributed by atoms with Gasteiger partial charge in [0.1, 0.15) is 0 Å². The smallest absolute Gasteiger partial charge is 0.338 e. The predicted molar refractivity (Wildman–Crippen MR) is 85.0 cm³/mol. The number of aromatic nitrogens is 2. The first-order chi connectivity index (χ1) is 11.5. The van der Waals surface area contributed by atoms with Gasteiger partial charge in [-0.15, -0.1) is 0 Å². The highest BCUT2D eigenvalue weighted by atomic mass is 32.2. The number of ether oxygens (including phenoxy) is 1. The van der Waals surface area contributed by atoms with E-state index in [4.69, 9.17) is 9.26 Å². The number of nitrogens with zero attached hydrogens (tertiary/aromatic N) is 3. The van der Waals surface area contributed by atoms with Gasteiger partial charge < -0.3 is 9.26 Å². The minimum Gasteiger partial charge on any atom is -0.452 e. The molecular weight excluding hydrogens is 334 g/mol. The molecule has 1 aromatic carbocycles. The minimum absolute atomic E-state index is 0.124. The summed E-state index contributed by atoms with van der Waals surface area (Å²) < 4.78 is 35.3. The van der Waals surface area contributed by atoms with Crippen molar-refractivity contribution in [3.05, 3.63) is 41.5 Å². The molecule has 1 aromatic heterocycles.